The first-order valence-corrected chi connectivity index (χ1v) is 11.7. The second-order valence-corrected chi connectivity index (χ2v) is 8.40. The Kier molecular flexibility index (Phi) is 7.01. The lowest BCUT2D eigenvalue weighted by Crippen LogP contribution is -2.33. The zero-order valence-corrected chi connectivity index (χ0v) is 19.9. The van der Waals surface area contributed by atoms with Crippen LogP contribution in [0.4, 0.5) is 5.82 Å². The highest BCUT2D eigenvalue weighted by Crippen LogP contribution is 2.33. The number of likely N-dealkylation sites (tertiary alicyclic amines) is 1. The summed E-state index contributed by atoms with van der Waals surface area (Å²) in [6, 6.07) is 13.5. The van der Waals surface area contributed by atoms with Gasteiger partial charge in [0, 0.05) is 29.9 Å². The van der Waals surface area contributed by atoms with Crippen LogP contribution in [0.15, 0.2) is 42.6 Å². The summed E-state index contributed by atoms with van der Waals surface area (Å²) in [6.45, 7) is 4.63. The van der Waals surface area contributed by atoms with Crippen molar-refractivity contribution in [1.29, 1.82) is 0 Å². The van der Waals surface area contributed by atoms with Crippen LogP contribution in [0.1, 0.15) is 71.4 Å². The Labute approximate surface area is 204 Å². The van der Waals surface area contributed by atoms with Crippen molar-refractivity contribution in [2.75, 3.05) is 17.7 Å². The number of piperidine rings is 1. The fourth-order valence-electron chi connectivity index (χ4n) is 4.33. The first-order valence-electron chi connectivity index (χ1n) is 11.7. The molecule has 0 saturated carbocycles. The van der Waals surface area contributed by atoms with Crippen LogP contribution in [0.3, 0.4) is 0 Å². The average molecular weight is 472 g/mol. The summed E-state index contributed by atoms with van der Waals surface area (Å²) in [5.41, 5.74) is 8.35. The SMILES string of the molecule is CC#CN1CCCC[C@H]1c1nc(-c2ccc(C(=O)Nc3cc(CC)ccn3)cc2)c(C(N)=O)n1N. The number of aromatic nitrogens is 3. The Balaban J connectivity index is 1.63. The van der Waals surface area contributed by atoms with E-state index >= 15 is 0 Å². The minimum absolute atomic E-state index is 0.118. The van der Waals surface area contributed by atoms with Gasteiger partial charge in [0.25, 0.3) is 11.8 Å². The lowest BCUT2D eigenvalue weighted by atomic mass is 10.0. The predicted octanol–water partition coefficient (Wildman–Crippen LogP) is 3.08. The van der Waals surface area contributed by atoms with E-state index in [1.165, 1.54) is 4.68 Å². The third kappa shape index (κ3) is 4.96. The van der Waals surface area contributed by atoms with Crippen molar-refractivity contribution in [3.05, 3.63) is 65.2 Å². The molecule has 1 fully saturated rings. The van der Waals surface area contributed by atoms with Crippen LogP contribution in [0.2, 0.25) is 0 Å². The molecule has 0 bridgehead atoms. The standard InChI is InChI=1S/C26H29N7O2/c1-3-14-32-15-6-5-7-20(32)25-31-22(23(24(27)34)33(25)28)18-8-10-19(11-9-18)26(35)30-21-16-17(4-2)12-13-29-21/h8-13,16,20H,4-7,15,28H2,1-2H3,(H2,27,34)(H,29,30,35)/t20-/m0/s1. The molecule has 2 amide bonds. The van der Waals surface area contributed by atoms with Gasteiger partial charge in [0.15, 0.2) is 11.5 Å². The largest absolute Gasteiger partial charge is 0.364 e. The predicted molar refractivity (Wildman–Crippen MR) is 135 cm³/mol. The van der Waals surface area contributed by atoms with Gasteiger partial charge in [-0.15, -0.1) is 0 Å². The van der Waals surface area contributed by atoms with Gasteiger partial charge in [-0.3, -0.25) is 9.59 Å². The highest BCUT2D eigenvalue weighted by molar-refractivity contribution is 6.04. The molecule has 4 rings (SSSR count). The maximum absolute atomic E-state index is 12.7. The van der Waals surface area contributed by atoms with Gasteiger partial charge in [-0.05, 0) is 62.4 Å². The lowest BCUT2D eigenvalue weighted by molar-refractivity contribution is 0.0990. The van der Waals surface area contributed by atoms with E-state index in [-0.39, 0.29) is 17.6 Å². The van der Waals surface area contributed by atoms with Crippen LogP contribution >= 0.6 is 0 Å². The van der Waals surface area contributed by atoms with Gasteiger partial charge in [0.1, 0.15) is 11.5 Å². The van der Waals surface area contributed by atoms with E-state index in [1.807, 2.05) is 24.0 Å². The highest BCUT2D eigenvalue weighted by Gasteiger charge is 2.30. The number of amides is 2. The molecule has 35 heavy (non-hydrogen) atoms. The van der Waals surface area contributed by atoms with Gasteiger partial charge in [0.05, 0.1) is 6.04 Å². The van der Waals surface area contributed by atoms with Crippen molar-refractivity contribution >= 4 is 17.6 Å². The molecule has 9 nitrogen and oxygen atoms in total. The Morgan fingerprint density at radius 1 is 1.20 bits per heavy atom. The van der Waals surface area contributed by atoms with Crippen molar-refractivity contribution in [1.82, 2.24) is 19.5 Å². The van der Waals surface area contributed by atoms with E-state index in [0.29, 0.717) is 28.5 Å². The Bertz CT molecular complexity index is 1300. The summed E-state index contributed by atoms with van der Waals surface area (Å²) in [6.07, 6.45) is 5.39. The van der Waals surface area contributed by atoms with Crippen LogP contribution in [0, 0.1) is 12.0 Å². The molecule has 3 aromatic rings. The molecule has 1 saturated heterocycles. The quantitative estimate of drug-likeness (QED) is 0.374. The summed E-state index contributed by atoms with van der Waals surface area (Å²) < 4.78 is 1.28. The van der Waals surface area contributed by atoms with Gasteiger partial charge >= 0.3 is 0 Å². The number of nitrogens with two attached hydrogens (primary N) is 2. The zero-order chi connectivity index (χ0) is 24.9. The van der Waals surface area contributed by atoms with E-state index in [1.54, 1.807) is 37.4 Å². The molecular formula is C26H29N7O2. The number of nitrogens with one attached hydrogen (secondary N) is 1. The Morgan fingerprint density at radius 2 is 1.97 bits per heavy atom. The second kappa shape index (κ2) is 10.3. The fourth-order valence-corrected chi connectivity index (χ4v) is 4.33. The third-order valence-corrected chi connectivity index (χ3v) is 6.12. The number of benzene rings is 1. The van der Waals surface area contributed by atoms with E-state index < -0.39 is 5.91 Å². The van der Waals surface area contributed by atoms with Gasteiger partial charge < -0.3 is 21.8 Å². The summed E-state index contributed by atoms with van der Waals surface area (Å²) in [7, 11) is 0. The molecule has 1 atom stereocenters. The normalized spacial score (nSPS) is 15.3. The molecule has 9 heteroatoms. The van der Waals surface area contributed by atoms with Gasteiger partial charge in [-0.1, -0.05) is 25.0 Å². The number of pyridine rings is 1. The Hall–Kier alpha value is -4.32. The number of nitrogens with zero attached hydrogens (tertiary/aromatic N) is 4. The van der Waals surface area contributed by atoms with E-state index in [0.717, 1.165) is 37.8 Å². The van der Waals surface area contributed by atoms with E-state index in [4.69, 9.17) is 16.6 Å². The highest BCUT2D eigenvalue weighted by atomic mass is 16.2. The molecular weight excluding hydrogens is 442 g/mol. The second-order valence-electron chi connectivity index (χ2n) is 8.40. The minimum Gasteiger partial charge on any atom is -0.364 e. The summed E-state index contributed by atoms with van der Waals surface area (Å²) in [5, 5.41) is 2.81. The zero-order valence-electron chi connectivity index (χ0n) is 19.9. The number of imidazole rings is 1. The molecule has 5 N–H and O–H groups in total. The number of nitrogen functional groups attached to an aromatic ring is 1. The number of hydrogen-bond donors (Lipinski definition) is 3. The molecule has 0 aliphatic carbocycles. The van der Waals surface area contributed by atoms with Crippen LogP contribution in [-0.4, -0.2) is 37.9 Å². The number of aryl methyl sites for hydroxylation is 1. The smallest absolute Gasteiger partial charge is 0.269 e. The maximum atomic E-state index is 12.7. The first kappa shape index (κ1) is 23.8. The fraction of sp³-hybridized carbons (Fsp3) is 0.308. The molecule has 0 spiro atoms. The first-order chi connectivity index (χ1) is 16.9. The van der Waals surface area contributed by atoms with Crippen LogP contribution in [0.5, 0.6) is 0 Å². The summed E-state index contributed by atoms with van der Waals surface area (Å²) in [4.78, 5) is 36.0. The van der Waals surface area contributed by atoms with Crippen molar-refractivity contribution in [3.8, 4) is 23.2 Å². The lowest BCUT2D eigenvalue weighted by Gasteiger charge is -2.32. The van der Waals surface area contributed by atoms with Crippen LogP contribution in [-0.2, 0) is 6.42 Å². The monoisotopic (exact) mass is 471 g/mol. The van der Waals surface area contributed by atoms with Crippen molar-refractivity contribution in [2.24, 2.45) is 5.73 Å². The summed E-state index contributed by atoms with van der Waals surface area (Å²) >= 11 is 0. The molecule has 180 valence electrons. The number of rotatable bonds is 6. The number of anilines is 1. The topological polar surface area (TPSA) is 132 Å². The third-order valence-electron chi connectivity index (χ3n) is 6.12. The molecule has 0 unspecified atom stereocenters. The molecule has 1 aromatic carbocycles. The molecule has 1 aliphatic heterocycles. The van der Waals surface area contributed by atoms with Crippen LogP contribution < -0.4 is 16.9 Å². The van der Waals surface area contributed by atoms with E-state index in [2.05, 4.69) is 22.3 Å². The molecule has 3 heterocycles. The number of carbonyl (C=O) groups excluding carboxylic acids is 2. The molecule has 0 radical (unpaired) electrons. The van der Waals surface area contributed by atoms with Gasteiger partial charge in [0.2, 0.25) is 0 Å². The number of carbonyl (C=O) groups is 2. The van der Waals surface area contributed by atoms with Gasteiger partial charge in [-0.25, -0.2) is 14.6 Å². The molecule has 2 aromatic heterocycles. The maximum Gasteiger partial charge on any atom is 0.269 e. The van der Waals surface area contributed by atoms with Crippen molar-refractivity contribution in [2.45, 2.75) is 45.6 Å². The molecule has 1 aliphatic rings. The van der Waals surface area contributed by atoms with Gasteiger partial charge in [-0.2, -0.15) is 0 Å². The minimum atomic E-state index is -0.672. The van der Waals surface area contributed by atoms with E-state index in [9.17, 15) is 9.59 Å². The Morgan fingerprint density at radius 3 is 2.66 bits per heavy atom. The van der Waals surface area contributed by atoms with Crippen molar-refractivity contribution < 1.29 is 9.59 Å². The summed E-state index contributed by atoms with van der Waals surface area (Å²) in [5.74, 6) is 9.34. The number of primary amides is 1. The number of hydrogen-bond acceptors (Lipinski definition) is 6. The van der Waals surface area contributed by atoms with Crippen molar-refractivity contribution in [3.63, 3.8) is 0 Å². The van der Waals surface area contributed by atoms with Crippen LogP contribution in [0.25, 0.3) is 11.3 Å². The average Bonchev–Trinajstić information content (AvgIpc) is 3.22.